The number of carbonyl (C=O) groups excluding carboxylic acids is 1. The maximum absolute atomic E-state index is 12.4. The minimum absolute atomic E-state index is 0.00670. The van der Waals surface area contributed by atoms with Crippen molar-refractivity contribution in [2.75, 3.05) is 24.7 Å². The molecule has 0 spiro atoms. The van der Waals surface area contributed by atoms with E-state index in [-0.39, 0.29) is 54.5 Å². The second-order valence-electron chi connectivity index (χ2n) is 7.10. The summed E-state index contributed by atoms with van der Waals surface area (Å²) in [6.45, 7) is 6.18. The van der Waals surface area contributed by atoms with Crippen LogP contribution in [0.2, 0.25) is 0 Å². The second kappa shape index (κ2) is 7.07. The van der Waals surface area contributed by atoms with Crippen molar-refractivity contribution in [3.05, 3.63) is 0 Å². The summed E-state index contributed by atoms with van der Waals surface area (Å²) in [5, 5.41) is 9.12. The molecule has 1 fully saturated rings. The Morgan fingerprint density at radius 1 is 1.43 bits per heavy atom. The molecule has 1 aliphatic rings. The van der Waals surface area contributed by atoms with Gasteiger partial charge in [-0.2, -0.15) is 0 Å². The highest BCUT2D eigenvalue weighted by Gasteiger charge is 2.34. The lowest BCUT2D eigenvalue weighted by molar-refractivity contribution is -0.134. The summed E-state index contributed by atoms with van der Waals surface area (Å²) in [5.41, 5.74) is 6.06. The van der Waals surface area contributed by atoms with Gasteiger partial charge in [-0.15, -0.1) is 0 Å². The number of aliphatic hydroxyl groups is 1. The molecule has 2 atom stereocenters. The van der Waals surface area contributed by atoms with Gasteiger partial charge in [-0.05, 0) is 18.3 Å². The first-order chi connectivity index (χ1) is 9.54. The van der Waals surface area contributed by atoms with Crippen LogP contribution < -0.4 is 5.73 Å². The molecule has 1 amide bonds. The minimum atomic E-state index is -3.06. The predicted molar refractivity (Wildman–Crippen MR) is 82.5 cm³/mol. The third-order valence-electron chi connectivity index (χ3n) is 3.62. The molecule has 21 heavy (non-hydrogen) atoms. The monoisotopic (exact) mass is 320 g/mol. The van der Waals surface area contributed by atoms with E-state index < -0.39 is 9.84 Å². The standard InChI is InChI=1S/C14H28N2O4S/c1-14(2,3)9-11(15)8-13(18)16(5-6-17)12-4-7-21(19,20)10-12/h11-12,17H,4-10,15H2,1-3H3. The topological polar surface area (TPSA) is 101 Å². The van der Waals surface area contributed by atoms with Gasteiger partial charge in [0.15, 0.2) is 9.84 Å². The lowest BCUT2D eigenvalue weighted by Crippen LogP contribution is -2.45. The molecule has 2 unspecified atom stereocenters. The van der Waals surface area contributed by atoms with E-state index in [0.717, 1.165) is 0 Å². The number of hydrogen-bond acceptors (Lipinski definition) is 5. The maximum Gasteiger partial charge on any atom is 0.224 e. The molecule has 6 nitrogen and oxygen atoms in total. The SMILES string of the molecule is CC(C)(C)CC(N)CC(=O)N(CCO)C1CCS(=O)(=O)C1. The second-order valence-corrected chi connectivity index (χ2v) is 9.33. The highest BCUT2D eigenvalue weighted by atomic mass is 32.2. The molecule has 0 saturated carbocycles. The number of nitrogens with zero attached hydrogens (tertiary/aromatic N) is 1. The van der Waals surface area contributed by atoms with E-state index in [4.69, 9.17) is 10.8 Å². The predicted octanol–water partition coefficient (Wildman–Crippen LogP) is 0.148. The van der Waals surface area contributed by atoms with Crippen molar-refractivity contribution in [1.29, 1.82) is 0 Å². The smallest absolute Gasteiger partial charge is 0.224 e. The fourth-order valence-corrected chi connectivity index (χ4v) is 4.57. The molecule has 1 heterocycles. The van der Waals surface area contributed by atoms with Crippen molar-refractivity contribution in [2.24, 2.45) is 11.1 Å². The minimum Gasteiger partial charge on any atom is -0.395 e. The van der Waals surface area contributed by atoms with Crippen LogP contribution in [0.4, 0.5) is 0 Å². The molecule has 3 N–H and O–H groups in total. The van der Waals surface area contributed by atoms with E-state index in [0.29, 0.717) is 12.8 Å². The average molecular weight is 320 g/mol. The third-order valence-corrected chi connectivity index (χ3v) is 5.37. The molecular formula is C14H28N2O4S. The first-order valence-corrected chi connectivity index (χ1v) is 9.22. The van der Waals surface area contributed by atoms with E-state index in [1.807, 2.05) is 0 Å². The van der Waals surface area contributed by atoms with Crippen LogP contribution in [0.5, 0.6) is 0 Å². The van der Waals surface area contributed by atoms with Gasteiger partial charge < -0.3 is 15.7 Å². The van der Waals surface area contributed by atoms with Gasteiger partial charge >= 0.3 is 0 Å². The number of nitrogens with two attached hydrogens (primary N) is 1. The number of rotatable bonds is 6. The molecule has 0 aliphatic carbocycles. The quantitative estimate of drug-likeness (QED) is 0.725. The Morgan fingerprint density at radius 2 is 2.05 bits per heavy atom. The molecule has 0 radical (unpaired) electrons. The molecule has 0 bridgehead atoms. The Morgan fingerprint density at radius 3 is 2.48 bits per heavy atom. The van der Waals surface area contributed by atoms with Crippen LogP contribution in [0.25, 0.3) is 0 Å². The van der Waals surface area contributed by atoms with E-state index in [1.54, 1.807) is 0 Å². The zero-order valence-electron chi connectivity index (χ0n) is 13.2. The largest absolute Gasteiger partial charge is 0.395 e. The number of sulfone groups is 1. The number of carbonyl (C=O) groups is 1. The summed E-state index contributed by atoms with van der Waals surface area (Å²) < 4.78 is 23.1. The molecule has 1 aliphatic heterocycles. The molecular weight excluding hydrogens is 292 g/mol. The molecule has 0 aromatic carbocycles. The van der Waals surface area contributed by atoms with Gasteiger partial charge in [-0.1, -0.05) is 20.8 Å². The lowest BCUT2D eigenvalue weighted by Gasteiger charge is -2.30. The Balaban J connectivity index is 2.66. The van der Waals surface area contributed by atoms with Crippen LogP contribution >= 0.6 is 0 Å². The highest BCUT2D eigenvalue weighted by molar-refractivity contribution is 7.91. The highest BCUT2D eigenvalue weighted by Crippen LogP contribution is 2.23. The summed E-state index contributed by atoms with van der Waals surface area (Å²) in [4.78, 5) is 13.9. The third kappa shape index (κ3) is 6.32. The van der Waals surface area contributed by atoms with Crippen LogP contribution in [0.15, 0.2) is 0 Å². The van der Waals surface area contributed by atoms with Crippen molar-refractivity contribution in [2.45, 2.75) is 52.1 Å². The molecule has 7 heteroatoms. The van der Waals surface area contributed by atoms with E-state index in [2.05, 4.69) is 20.8 Å². The van der Waals surface area contributed by atoms with E-state index >= 15 is 0 Å². The van der Waals surface area contributed by atoms with E-state index in [9.17, 15) is 13.2 Å². The zero-order valence-corrected chi connectivity index (χ0v) is 14.0. The van der Waals surface area contributed by atoms with Crippen LogP contribution in [0.3, 0.4) is 0 Å². The molecule has 0 aromatic heterocycles. The molecule has 1 saturated heterocycles. The van der Waals surface area contributed by atoms with Gasteiger partial charge in [0.1, 0.15) is 0 Å². The summed E-state index contributed by atoms with van der Waals surface area (Å²) in [6.07, 6.45) is 1.35. The Kier molecular flexibility index (Phi) is 6.19. The van der Waals surface area contributed by atoms with Gasteiger partial charge in [-0.25, -0.2) is 8.42 Å². The zero-order chi connectivity index (χ0) is 16.3. The van der Waals surface area contributed by atoms with Gasteiger partial charge in [0.2, 0.25) is 5.91 Å². The van der Waals surface area contributed by atoms with Crippen molar-refractivity contribution in [3.63, 3.8) is 0 Å². The van der Waals surface area contributed by atoms with Crippen LogP contribution in [0.1, 0.15) is 40.0 Å². The molecule has 124 valence electrons. The van der Waals surface area contributed by atoms with E-state index in [1.165, 1.54) is 4.90 Å². The fraction of sp³-hybridized carbons (Fsp3) is 0.929. The Bertz CT molecular complexity index is 456. The van der Waals surface area contributed by atoms with Crippen molar-refractivity contribution < 1.29 is 18.3 Å². The summed E-state index contributed by atoms with van der Waals surface area (Å²) in [5.74, 6) is -0.0587. The molecule has 0 aromatic rings. The van der Waals surface area contributed by atoms with Gasteiger partial charge in [0.25, 0.3) is 0 Å². The normalized spacial score (nSPS) is 23.0. The first-order valence-electron chi connectivity index (χ1n) is 7.40. The Hall–Kier alpha value is -0.660. The molecule has 1 rings (SSSR count). The lowest BCUT2D eigenvalue weighted by atomic mass is 9.87. The van der Waals surface area contributed by atoms with Crippen LogP contribution in [0, 0.1) is 5.41 Å². The number of hydrogen-bond donors (Lipinski definition) is 2. The van der Waals surface area contributed by atoms with Crippen molar-refractivity contribution in [1.82, 2.24) is 4.90 Å². The van der Waals surface area contributed by atoms with Gasteiger partial charge in [0, 0.05) is 25.0 Å². The first kappa shape index (κ1) is 18.4. The van der Waals surface area contributed by atoms with Gasteiger partial charge in [0.05, 0.1) is 18.1 Å². The average Bonchev–Trinajstić information content (AvgIpc) is 2.63. The number of amides is 1. The maximum atomic E-state index is 12.4. The summed E-state index contributed by atoms with van der Waals surface area (Å²) in [7, 11) is -3.06. The van der Waals surface area contributed by atoms with Gasteiger partial charge in [-0.3, -0.25) is 4.79 Å². The van der Waals surface area contributed by atoms with Crippen molar-refractivity contribution >= 4 is 15.7 Å². The van der Waals surface area contributed by atoms with Crippen molar-refractivity contribution in [3.8, 4) is 0 Å². The van der Waals surface area contributed by atoms with Crippen LogP contribution in [-0.4, -0.2) is 61.1 Å². The summed E-state index contributed by atoms with van der Waals surface area (Å²) >= 11 is 0. The summed E-state index contributed by atoms with van der Waals surface area (Å²) in [6, 6.07) is -0.576. The fourth-order valence-electron chi connectivity index (χ4n) is 2.84. The number of aliphatic hydroxyl groups excluding tert-OH is 1. The Labute approximate surface area is 127 Å². The van der Waals surface area contributed by atoms with Crippen LogP contribution in [-0.2, 0) is 14.6 Å².